The molecule has 2 rings (SSSR count). The zero-order chi connectivity index (χ0) is 12.1. The van der Waals surface area contributed by atoms with Crippen LogP contribution >= 0.6 is 11.3 Å². The van der Waals surface area contributed by atoms with Gasteiger partial charge in [0.05, 0.1) is 17.2 Å². The number of rotatable bonds is 7. The van der Waals surface area contributed by atoms with E-state index >= 15 is 0 Å². The molecular formula is C12H19N3OS. The Bertz CT molecular complexity index is 374. The Balaban J connectivity index is 1.53. The number of aryl methyl sites for hydroxylation is 1. The summed E-state index contributed by atoms with van der Waals surface area (Å²) in [4.78, 5) is 15.8. The smallest absolute Gasteiger partial charge is 0.233 e. The predicted octanol–water partition coefficient (Wildman–Crippen LogP) is 1.11. The van der Waals surface area contributed by atoms with Gasteiger partial charge in [-0.25, -0.2) is 4.98 Å². The quantitative estimate of drug-likeness (QED) is 0.765. The molecule has 1 heterocycles. The van der Waals surface area contributed by atoms with E-state index in [-0.39, 0.29) is 5.91 Å². The van der Waals surface area contributed by atoms with Crippen molar-refractivity contribution >= 4 is 17.2 Å². The topological polar surface area (TPSA) is 54.0 Å². The normalized spacial score (nSPS) is 14.9. The second-order valence-corrected chi connectivity index (χ2v) is 5.59. The van der Waals surface area contributed by atoms with Crippen molar-refractivity contribution in [2.45, 2.75) is 26.2 Å². The number of nitrogens with zero attached hydrogens (tertiary/aromatic N) is 1. The lowest BCUT2D eigenvalue weighted by Crippen LogP contribution is -2.35. The number of aromatic nitrogens is 1. The summed E-state index contributed by atoms with van der Waals surface area (Å²) in [6.07, 6.45) is 3.45. The highest BCUT2D eigenvalue weighted by Crippen LogP contribution is 2.27. The van der Waals surface area contributed by atoms with E-state index in [1.165, 1.54) is 12.8 Å². The Morgan fingerprint density at radius 1 is 1.59 bits per heavy atom. The third-order valence-electron chi connectivity index (χ3n) is 2.79. The Morgan fingerprint density at radius 2 is 2.41 bits per heavy atom. The minimum atomic E-state index is 0.0811. The van der Waals surface area contributed by atoms with Crippen LogP contribution in [0, 0.1) is 12.8 Å². The first-order valence-electron chi connectivity index (χ1n) is 6.12. The third kappa shape index (κ3) is 4.83. The van der Waals surface area contributed by atoms with E-state index in [2.05, 4.69) is 15.6 Å². The molecule has 1 saturated carbocycles. The Morgan fingerprint density at radius 3 is 3.06 bits per heavy atom. The average Bonchev–Trinajstić information content (AvgIpc) is 3.02. The highest BCUT2D eigenvalue weighted by molar-refractivity contribution is 7.09. The van der Waals surface area contributed by atoms with E-state index < -0.39 is 0 Å². The molecule has 0 unspecified atom stereocenters. The van der Waals surface area contributed by atoms with Crippen molar-refractivity contribution in [2.24, 2.45) is 5.92 Å². The molecule has 0 bridgehead atoms. The lowest BCUT2D eigenvalue weighted by atomic mass is 10.3. The first kappa shape index (κ1) is 12.5. The summed E-state index contributed by atoms with van der Waals surface area (Å²) in [5, 5.41) is 9.20. The van der Waals surface area contributed by atoms with E-state index in [4.69, 9.17) is 0 Å². The van der Waals surface area contributed by atoms with Crippen LogP contribution in [0.5, 0.6) is 0 Å². The molecule has 1 amide bonds. The van der Waals surface area contributed by atoms with Crippen molar-refractivity contribution in [2.75, 3.05) is 19.6 Å². The SMILES string of the molecule is Cc1nc(CCNC(=O)CNCC2CC2)cs1. The number of carbonyl (C=O) groups is 1. The maximum absolute atomic E-state index is 11.4. The number of thiazole rings is 1. The van der Waals surface area contributed by atoms with Crippen LogP contribution in [0.15, 0.2) is 5.38 Å². The third-order valence-corrected chi connectivity index (χ3v) is 3.61. The fourth-order valence-corrected chi connectivity index (χ4v) is 2.27. The van der Waals surface area contributed by atoms with Gasteiger partial charge in [-0.2, -0.15) is 0 Å². The van der Waals surface area contributed by atoms with Gasteiger partial charge in [0, 0.05) is 18.3 Å². The summed E-state index contributed by atoms with van der Waals surface area (Å²) in [7, 11) is 0. The van der Waals surface area contributed by atoms with E-state index in [0.717, 1.165) is 29.6 Å². The molecule has 0 radical (unpaired) electrons. The molecule has 1 aromatic heterocycles. The summed E-state index contributed by atoms with van der Waals surface area (Å²) >= 11 is 1.65. The lowest BCUT2D eigenvalue weighted by molar-refractivity contribution is -0.120. The Hall–Kier alpha value is -0.940. The van der Waals surface area contributed by atoms with E-state index in [1.807, 2.05) is 12.3 Å². The van der Waals surface area contributed by atoms with Gasteiger partial charge < -0.3 is 10.6 Å². The first-order valence-corrected chi connectivity index (χ1v) is 7.00. The van der Waals surface area contributed by atoms with E-state index in [0.29, 0.717) is 13.1 Å². The van der Waals surface area contributed by atoms with Gasteiger partial charge in [0.15, 0.2) is 0 Å². The van der Waals surface area contributed by atoms with Crippen molar-refractivity contribution in [3.8, 4) is 0 Å². The number of hydrogen-bond donors (Lipinski definition) is 2. The number of carbonyl (C=O) groups excluding carboxylic acids is 1. The molecule has 5 heteroatoms. The molecule has 1 aliphatic rings. The van der Waals surface area contributed by atoms with E-state index in [1.54, 1.807) is 11.3 Å². The lowest BCUT2D eigenvalue weighted by Gasteiger charge is -2.05. The van der Waals surface area contributed by atoms with Gasteiger partial charge in [-0.1, -0.05) is 0 Å². The summed E-state index contributed by atoms with van der Waals surface area (Å²) in [6.45, 7) is 4.09. The monoisotopic (exact) mass is 253 g/mol. The molecule has 0 saturated heterocycles. The van der Waals surface area contributed by atoms with Crippen molar-refractivity contribution in [3.63, 3.8) is 0 Å². The van der Waals surface area contributed by atoms with Crippen LogP contribution < -0.4 is 10.6 Å². The molecule has 0 aliphatic heterocycles. The van der Waals surface area contributed by atoms with Crippen LogP contribution in [0.3, 0.4) is 0 Å². The number of amides is 1. The van der Waals surface area contributed by atoms with Gasteiger partial charge >= 0.3 is 0 Å². The molecule has 17 heavy (non-hydrogen) atoms. The Labute approximate surface area is 106 Å². The molecule has 1 aliphatic carbocycles. The van der Waals surface area contributed by atoms with Gasteiger partial charge in [0.2, 0.25) is 5.91 Å². The summed E-state index contributed by atoms with van der Waals surface area (Å²) in [5.74, 6) is 0.901. The fourth-order valence-electron chi connectivity index (χ4n) is 1.63. The van der Waals surface area contributed by atoms with Crippen LogP contribution in [0.1, 0.15) is 23.5 Å². The number of nitrogens with one attached hydrogen (secondary N) is 2. The predicted molar refractivity (Wildman–Crippen MR) is 69.2 cm³/mol. The second kappa shape index (κ2) is 6.12. The van der Waals surface area contributed by atoms with Gasteiger partial charge in [-0.15, -0.1) is 11.3 Å². The average molecular weight is 253 g/mol. The number of hydrogen-bond acceptors (Lipinski definition) is 4. The fraction of sp³-hybridized carbons (Fsp3) is 0.667. The zero-order valence-electron chi connectivity index (χ0n) is 10.2. The van der Waals surface area contributed by atoms with Crippen LogP contribution in [-0.4, -0.2) is 30.5 Å². The van der Waals surface area contributed by atoms with Crippen LogP contribution in [0.4, 0.5) is 0 Å². The molecule has 1 aromatic rings. The van der Waals surface area contributed by atoms with Crippen LogP contribution in [0.2, 0.25) is 0 Å². The first-order chi connectivity index (χ1) is 8.24. The second-order valence-electron chi connectivity index (χ2n) is 4.53. The largest absolute Gasteiger partial charge is 0.355 e. The van der Waals surface area contributed by atoms with Crippen LogP contribution in [-0.2, 0) is 11.2 Å². The van der Waals surface area contributed by atoms with Gasteiger partial charge in [-0.3, -0.25) is 4.79 Å². The van der Waals surface area contributed by atoms with Crippen molar-refractivity contribution in [1.82, 2.24) is 15.6 Å². The maximum Gasteiger partial charge on any atom is 0.233 e. The minimum Gasteiger partial charge on any atom is -0.355 e. The Kier molecular flexibility index (Phi) is 4.50. The summed E-state index contributed by atoms with van der Waals surface area (Å²) < 4.78 is 0. The highest BCUT2D eigenvalue weighted by atomic mass is 32.1. The van der Waals surface area contributed by atoms with E-state index in [9.17, 15) is 4.79 Å². The van der Waals surface area contributed by atoms with Crippen molar-refractivity contribution in [3.05, 3.63) is 16.1 Å². The highest BCUT2D eigenvalue weighted by Gasteiger charge is 2.20. The molecule has 0 aromatic carbocycles. The van der Waals surface area contributed by atoms with Crippen molar-refractivity contribution in [1.29, 1.82) is 0 Å². The maximum atomic E-state index is 11.4. The van der Waals surface area contributed by atoms with Gasteiger partial charge in [-0.05, 0) is 32.2 Å². The van der Waals surface area contributed by atoms with Gasteiger partial charge in [0.25, 0.3) is 0 Å². The summed E-state index contributed by atoms with van der Waals surface area (Å²) in [6, 6.07) is 0. The molecule has 0 spiro atoms. The molecule has 2 N–H and O–H groups in total. The molecule has 0 atom stereocenters. The molecule has 4 nitrogen and oxygen atoms in total. The summed E-state index contributed by atoms with van der Waals surface area (Å²) in [5.41, 5.74) is 1.07. The molecular weight excluding hydrogens is 234 g/mol. The van der Waals surface area contributed by atoms with Crippen LogP contribution in [0.25, 0.3) is 0 Å². The zero-order valence-corrected chi connectivity index (χ0v) is 11.0. The van der Waals surface area contributed by atoms with Gasteiger partial charge in [0.1, 0.15) is 0 Å². The van der Waals surface area contributed by atoms with Crippen molar-refractivity contribution < 1.29 is 4.79 Å². The molecule has 1 fully saturated rings. The minimum absolute atomic E-state index is 0.0811. The molecule has 94 valence electrons. The standard InChI is InChI=1S/C12H19N3OS/c1-9-15-11(8-17-9)4-5-14-12(16)7-13-6-10-2-3-10/h8,10,13H,2-7H2,1H3,(H,14,16).